The number of thioether (sulfide) groups is 1. The van der Waals surface area contributed by atoms with Crippen LogP contribution in [0.4, 0.5) is 0 Å². The van der Waals surface area contributed by atoms with E-state index in [1.54, 1.807) is 31.2 Å². The summed E-state index contributed by atoms with van der Waals surface area (Å²) in [6.07, 6.45) is -2.81. The van der Waals surface area contributed by atoms with Crippen molar-refractivity contribution < 1.29 is 24.5 Å². The van der Waals surface area contributed by atoms with Crippen LogP contribution in [0.1, 0.15) is 24.2 Å². The zero-order chi connectivity index (χ0) is 15.5. The summed E-state index contributed by atoms with van der Waals surface area (Å²) in [6.45, 7) is 3.58. The van der Waals surface area contributed by atoms with Gasteiger partial charge >= 0.3 is 5.97 Å². The maximum Gasteiger partial charge on any atom is 0.338 e. The van der Waals surface area contributed by atoms with Crippen LogP contribution in [-0.4, -0.2) is 51.8 Å². The van der Waals surface area contributed by atoms with Crippen molar-refractivity contribution >= 4 is 17.7 Å². The second-order valence-corrected chi connectivity index (χ2v) is 6.68. The van der Waals surface area contributed by atoms with E-state index in [2.05, 4.69) is 0 Å². The SMILES string of the molecule is CCSC1(C)OC(COC(=O)c2ccccc2)C(O)C1O. The van der Waals surface area contributed by atoms with Crippen molar-refractivity contribution in [3.05, 3.63) is 35.9 Å². The molecule has 0 radical (unpaired) electrons. The molecule has 1 heterocycles. The first-order valence-electron chi connectivity index (χ1n) is 6.88. The molecule has 0 bridgehead atoms. The minimum atomic E-state index is -1.07. The zero-order valence-electron chi connectivity index (χ0n) is 12.1. The highest BCUT2D eigenvalue weighted by Crippen LogP contribution is 2.39. The number of carbonyl (C=O) groups excluding carboxylic acids is 1. The lowest BCUT2D eigenvalue weighted by Gasteiger charge is -2.26. The minimum Gasteiger partial charge on any atom is -0.459 e. The Hall–Kier alpha value is -1.08. The summed E-state index contributed by atoms with van der Waals surface area (Å²) in [5, 5.41) is 20.1. The molecule has 1 fully saturated rings. The van der Waals surface area contributed by atoms with Crippen LogP contribution in [-0.2, 0) is 9.47 Å². The average molecular weight is 312 g/mol. The summed E-state index contributed by atoms with van der Waals surface area (Å²) in [4.78, 5) is 11.0. The molecular formula is C15H20O5S. The van der Waals surface area contributed by atoms with Gasteiger partial charge in [0.25, 0.3) is 0 Å². The molecule has 4 unspecified atom stereocenters. The third-order valence-corrected chi connectivity index (χ3v) is 4.65. The summed E-state index contributed by atoms with van der Waals surface area (Å²) in [6, 6.07) is 8.61. The van der Waals surface area contributed by atoms with E-state index in [-0.39, 0.29) is 6.61 Å². The number of benzene rings is 1. The molecular weight excluding hydrogens is 292 g/mol. The van der Waals surface area contributed by atoms with Crippen molar-refractivity contribution in [3.8, 4) is 0 Å². The zero-order valence-corrected chi connectivity index (χ0v) is 12.9. The number of esters is 1. The van der Waals surface area contributed by atoms with E-state index in [0.29, 0.717) is 5.56 Å². The molecule has 0 spiro atoms. The highest BCUT2D eigenvalue weighted by molar-refractivity contribution is 8.00. The van der Waals surface area contributed by atoms with Gasteiger partial charge in [-0.25, -0.2) is 4.79 Å². The lowest BCUT2D eigenvalue weighted by molar-refractivity contribution is -0.0390. The van der Waals surface area contributed by atoms with Gasteiger partial charge in [-0.05, 0) is 24.8 Å². The molecule has 0 aromatic heterocycles. The molecule has 0 saturated carbocycles. The van der Waals surface area contributed by atoms with Crippen LogP contribution >= 0.6 is 11.8 Å². The van der Waals surface area contributed by atoms with Crippen molar-refractivity contribution in [2.45, 2.75) is 37.1 Å². The van der Waals surface area contributed by atoms with Gasteiger partial charge in [0.2, 0.25) is 0 Å². The van der Waals surface area contributed by atoms with Crippen LogP contribution in [0, 0.1) is 0 Å². The van der Waals surface area contributed by atoms with Crippen molar-refractivity contribution in [2.24, 2.45) is 0 Å². The van der Waals surface area contributed by atoms with Gasteiger partial charge in [-0.3, -0.25) is 0 Å². The van der Waals surface area contributed by atoms with Gasteiger partial charge in [0, 0.05) is 0 Å². The molecule has 1 saturated heterocycles. The highest BCUT2D eigenvalue weighted by atomic mass is 32.2. The average Bonchev–Trinajstić information content (AvgIpc) is 2.70. The molecule has 5 nitrogen and oxygen atoms in total. The molecule has 21 heavy (non-hydrogen) atoms. The minimum absolute atomic E-state index is 0.0914. The van der Waals surface area contributed by atoms with E-state index in [0.717, 1.165) is 5.75 Å². The third-order valence-electron chi connectivity index (χ3n) is 3.45. The van der Waals surface area contributed by atoms with Crippen molar-refractivity contribution in [3.63, 3.8) is 0 Å². The molecule has 1 aliphatic heterocycles. The van der Waals surface area contributed by atoms with Gasteiger partial charge < -0.3 is 19.7 Å². The van der Waals surface area contributed by atoms with E-state index < -0.39 is 29.2 Å². The van der Waals surface area contributed by atoms with Crippen LogP contribution in [0.15, 0.2) is 30.3 Å². The molecule has 6 heteroatoms. The second kappa shape index (κ2) is 6.79. The molecule has 4 atom stereocenters. The van der Waals surface area contributed by atoms with E-state index in [9.17, 15) is 15.0 Å². The maximum absolute atomic E-state index is 11.8. The van der Waals surface area contributed by atoms with E-state index in [1.165, 1.54) is 11.8 Å². The molecule has 1 aliphatic rings. The summed E-state index contributed by atoms with van der Waals surface area (Å²) < 4.78 is 10.8. The lowest BCUT2D eigenvalue weighted by atomic mass is 10.1. The quantitative estimate of drug-likeness (QED) is 0.801. The van der Waals surface area contributed by atoms with Crippen LogP contribution in [0.3, 0.4) is 0 Å². The Morgan fingerprint density at radius 1 is 1.38 bits per heavy atom. The van der Waals surface area contributed by atoms with Crippen molar-refractivity contribution in [2.75, 3.05) is 12.4 Å². The molecule has 1 aromatic carbocycles. The molecule has 116 valence electrons. The number of carbonyl (C=O) groups is 1. The largest absolute Gasteiger partial charge is 0.459 e. The summed E-state index contributed by atoms with van der Waals surface area (Å²) in [7, 11) is 0. The van der Waals surface area contributed by atoms with Gasteiger partial charge in [0.1, 0.15) is 29.9 Å². The second-order valence-electron chi connectivity index (χ2n) is 5.01. The Morgan fingerprint density at radius 3 is 2.67 bits per heavy atom. The normalized spacial score (nSPS) is 32.1. The van der Waals surface area contributed by atoms with Crippen LogP contribution < -0.4 is 0 Å². The first kappa shape index (κ1) is 16.3. The first-order chi connectivity index (χ1) is 9.98. The van der Waals surface area contributed by atoms with Crippen LogP contribution in [0.2, 0.25) is 0 Å². The molecule has 2 N–H and O–H groups in total. The Morgan fingerprint density at radius 2 is 2.05 bits per heavy atom. The Bertz CT molecular complexity index is 480. The van der Waals surface area contributed by atoms with Gasteiger partial charge in [0.05, 0.1) is 5.56 Å². The van der Waals surface area contributed by atoms with Gasteiger partial charge in [-0.1, -0.05) is 25.1 Å². The van der Waals surface area contributed by atoms with E-state index >= 15 is 0 Å². The smallest absolute Gasteiger partial charge is 0.338 e. The highest BCUT2D eigenvalue weighted by Gasteiger charge is 2.51. The van der Waals surface area contributed by atoms with Gasteiger partial charge in [-0.2, -0.15) is 0 Å². The predicted molar refractivity (Wildman–Crippen MR) is 80.1 cm³/mol. The fourth-order valence-electron chi connectivity index (χ4n) is 2.31. The molecule has 2 rings (SSSR count). The number of ether oxygens (including phenoxy) is 2. The van der Waals surface area contributed by atoms with Crippen LogP contribution in [0.25, 0.3) is 0 Å². The number of hydrogen-bond donors (Lipinski definition) is 2. The Labute approximate surface area is 128 Å². The third kappa shape index (κ3) is 3.58. The monoisotopic (exact) mass is 312 g/mol. The molecule has 0 aliphatic carbocycles. The standard InChI is InChI=1S/C15H20O5S/c1-3-21-15(2)13(17)12(16)11(20-15)9-19-14(18)10-7-5-4-6-8-10/h4-8,11-13,16-17H,3,9H2,1-2H3. The molecule has 0 amide bonds. The number of hydrogen-bond acceptors (Lipinski definition) is 6. The van der Waals surface area contributed by atoms with Crippen molar-refractivity contribution in [1.29, 1.82) is 0 Å². The first-order valence-corrected chi connectivity index (χ1v) is 7.86. The van der Waals surface area contributed by atoms with E-state index in [4.69, 9.17) is 9.47 Å². The Balaban J connectivity index is 1.93. The van der Waals surface area contributed by atoms with Crippen LogP contribution in [0.5, 0.6) is 0 Å². The fourth-order valence-corrected chi connectivity index (χ4v) is 3.38. The number of aliphatic hydroxyl groups excluding tert-OH is 2. The van der Waals surface area contributed by atoms with Gasteiger partial charge in [0.15, 0.2) is 0 Å². The Kier molecular flexibility index (Phi) is 5.27. The van der Waals surface area contributed by atoms with E-state index in [1.807, 2.05) is 13.0 Å². The summed E-state index contributed by atoms with van der Waals surface area (Å²) in [5.41, 5.74) is 0.441. The molecule has 1 aromatic rings. The number of aliphatic hydroxyl groups is 2. The van der Waals surface area contributed by atoms with Gasteiger partial charge in [-0.15, -0.1) is 11.8 Å². The predicted octanol–water partition coefficient (Wildman–Crippen LogP) is 1.43. The van der Waals surface area contributed by atoms with Crippen molar-refractivity contribution in [1.82, 2.24) is 0 Å². The number of rotatable bonds is 5. The summed E-state index contributed by atoms with van der Waals surface area (Å²) >= 11 is 1.41. The topological polar surface area (TPSA) is 76.0 Å². The maximum atomic E-state index is 11.8. The summed E-state index contributed by atoms with van der Waals surface area (Å²) in [5.74, 6) is 0.272. The fraction of sp³-hybridized carbons (Fsp3) is 0.533. The lowest BCUT2D eigenvalue weighted by Crippen LogP contribution is -2.38.